The molecule has 0 saturated carbocycles. The van der Waals surface area contributed by atoms with E-state index >= 15 is 0 Å². The molecule has 1 aromatic heterocycles. The van der Waals surface area contributed by atoms with Gasteiger partial charge in [0.1, 0.15) is 5.82 Å². The average molecular weight is 397 g/mol. The number of hydrogen-bond donors (Lipinski definition) is 3. The van der Waals surface area contributed by atoms with Crippen molar-refractivity contribution in [2.24, 2.45) is 5.73 Å². The molecule has 152 valence electrons. The molecule has 1 saturated heterocycles. The van der Waals surface area contributed by atoms with E-state index in [-0.39, 0.29) is 18.4 Å². The molecular weight excluding hydrogens is 374 g/mol. The number of hydrogen-bond acceptors (Lipinski definition) is 6. The van der Waals surface area contributed by atoms with Crippen molar-refractivity contribution in [3.8, 4) is 0 Å². The lowest BCUT2D eigenvalue weighted by molar-refractivity contribution is -0.117. The van der Waals surface area contributed by atoms with Crippen molar-refractivity contribution >= 4 is 23.5 Å². The highest BCUT2D eigenvalue weighted by Gasteiger charge is 2.19. The third-order valence-corrected chi connectivity index (χ3v) is 4.43. The molecule has 3 amide bonds. The summed E-state index contributed by atoms with van der Waals surface area (Å²) in [6, 6.07) is 10.2. The van der Waals surface area contributed by atoms with Crippen LogP contribution in [0.15, 0.2) is 42.6 Å². The number of nitrogens with two attached hydrogens (primary N) is 1. The van der Waals surface area contributed by atoms with Gasteiger partial charge >= 0.3 is 0 Å². The number of benzene rings is 1. The molecule has 1 aliphatic heterocycles. The van der Waals surface area contributed by atoms with Crippen LogP contribution in [-0.4, -0.2) is 55.6 Å². The molecule has 0 atom stereocenters. The zero-order chi connectivity index (χ0) is 20.6. The van der Waals surface area contributed by atoms with Gasteiger partial charge in [-0.1, -0.05) is 12.1 Å². The van der Waals surface area contributed by atoms with Crippen LogP contribution in [0.5, 0.6) is 0 Å². The third-order valence-electron chi connectivity index (χ3n) is 4.43. The van der Waals surface area contributed by atoms with Crippen LogP contribution in [0.25, 0.3) is 0 Å². The van der Waals surface area contributed by atoms with Gasteiger partial charge in [0, 0.05) is 31.4 Å². The van der Waals surface area contributed by atoms with Crippen LogP contribution in [0.4, 0.5) is 5.82 Å². The number of ether oxygens (including phenoxy) is 1. The minimum Gasteiger partial charge on any atom is -0.378 e. The molecule has 0 unspecified atom stereocenters. The van der Waals surface area contributed by atoms with Gasteiger partial charge in [-0.15, -0.1) is 0 Å². The van der Waals surface area contributed by atoms with Gasteiger partial charge in [-0.05, 0) is 29.8 Å². The van der Waals surface area contributed by atoms with Crippen molar-refractivity contribution in [1.82, 2.24) is 15.6 Å². The summed E-state index contributed by atoms with van der Waals surface area (Å²) in [5.41, 5.74) is 6.76. The van der Waals surface area contributed by atoms with Crippen molar-refractivity contribution in [2.45, 2.75) is 6.54 Å². The van der Waals surface area contributed by atoms with Gasteiger partial charge < -0.3 is 26.0 Å². The van der Waals surface area contributed by atoms with E-state index in [0.717, 1.165) is 5.56 Å². The summed E-state index contributed by atoms with van der Waals surface area (Å²) < 4.78 is 5.36. The second kappa shape index (κ2) is 9.65. The number of rotatable bonds is 7. The molecule has 29 heavy (non-hydrogen) atoms. The lowest BCUT2D eigenvalue weighted by Gasteiger charge is -2.29. The van der Waals surface area contributed by atoms with E-state index < -0.39 is 5.91 Å². The van der Waals surface area contributed by atoms with Gasteiger partial charge in [0.15, 0.2) is 0 Å². The number of amides is 3. The van der Waals surface area contributed by atoms with Crippen molar-refractivity contribution in [2.75, 3.05) is 37.7 Å². The number of primary amides is 1. The van der Waals surface area contributed by atoms with Crippen LogP contribution in [0.1, 0.15) is 26.3 Å². The monoisotopic (exact) mass is 397 g/mol. The standard InChI is InChI=1S/C20H23N5O4/c21-17(26)13-24-19(27)15-5-3-14(4-6-15)12-23-20(28)16-2-1-7-22-18(16)25-8-10-29-11-9-25/h1-7H,8-13H2,(H2,21,26)(H,23,28)(H,24,27). The Balaban J connectivity index is 1.60. The average Bonchev–Trinajstić information content (AvgIpc) is 2.76. The summed E-state index contributed by atoms with van der Waals surface area (Å²) in [7, 11) is 0. The Bertz CT molecular complexity index is 879. The van der Waals surface area contributed by atoms with Crippen LogP contribution in [-0.2, 0) is 16.1 Å². The number of nitrogens with one attached hydrogen (secondary N) is 2. The SMILES string of the molecule is NC(=O)CNC(=O)c1ccc(CNC(=O)c2cccnc2N2CCOCC2)cc1. The van der Waals surface area contributed by atoms with Crippen LogP contribution in [0, 0.1) is 0 Å². The van der Waals surface area contributed by atoms with Gasteiger partial charge in [0.2, 0.25) is 5.91 Å². The van der Waals surface area contributed by atoms with Crippen LogP contribution in [0.2, 0.25) is 0 Å². The first-order valence-corrected chi connectivity index (χ1v) is 9.26. The fourth-order valence-electron chi connectivity index (χ4n) is 2.92. The summed E-state index contributed by atoms with van der Waals surface area (Å²) in [5.74, 6) is -0.563. The first-order chi connectivity index (χ1) is 14.0. The first kappa shape index (κ1) is 20.3. The molecule has 1 aromatic carbocycles. The highest BCUT2D eigenvalue weighted by molar-refractivity contribution is 5.99. The van der Waals surface area contributed by atoms with Crippen LogP contribution < -0.4 is 21.3 Å². The predicted molar refractivity (Wildman–Crippen MR) is 106 cm³/mol. The predicted octanol–water partition coefficient (Wildman–Crippen LogP) is 0.0633. The summed E-state index contributed by atoms with van der Waals surface area (Å²) >= 11 is 0. The lowest BCUT2D eigenvalue weighted by Crippen LogP contribution is -2.38. The number of aromatic nitrogens is 1. The summed E-state index contributed by atoms with van der Waals surface area (Å²) in [4.78, 5) is 41.7. The normalized spacial score (nSPS) is 13.6. The molecule has 4 N–H and O–H groups in total. The maximum absolute atomic E-state index is 12.7. The number of carbonyl (C=O) groups is 3. The first-order valence-electron chi connectivity index (χ1n) is 9.26. The molecule has 2 heterocycles. The molecule has 9 heteroatoms. The third kappa shape index (κ3) is 5.52. The van der Waals surface area contributed by atoms with E-state index in [2.05, 4.69) is 15.6 Å². The molecule has 0 aliphatic carbocycles. The van der Waals surface area contributed by atoms with Crippen molar-refractivity contribution < 1.29 is 19.1 Å². The minimum absolute atomic E-state index is 0.215. The Morgan fingerprint density at radius 2 is 1.76 bits per heavy atom. The zero-order valence-electron chi connectivity index (χ0n) is 15.9. The number of morpholine rings is 1. The number of pyridine rings is 1. The Kier molecular flexibility index (Phi) is 6.75. The summed E-state index contributed by atoms with van der Waals surface area (Å²) in [5, 5.41) is 5.31. The zero-order valence-corrected chi connectivity index (χ0v) is 15.9. The quantitative estimate of drug-likeness (QED) is 0.607. The van der Waals surface area contributed by atoms with Gasteiger partial charge in [-0.3, -0.25) is 14.4 Å². The molecule has 3 rings (SSSR count). The molecule has 2 aromatic rings. The molecule has 0 radical (unpaired) electrons. The smallest absolute Gasteiger partial charge is 0.255 e. The molecule has 9 nitrogen and oxygen atoms in total. The van der Waals surface area contributed by atoms with Gasteiger partial charge in [-0.2, -0.15) is 0 Å². The van der Waals surface area contributed by atoms with E-state index in [4.69, 9.17) is 10.5 Å². The fraction of sp³-hybridized carbons (Fsp3) is 0.300. The largest absolute Gasteiger partial charge is 0.378 e. The molecule has 1 fully saturated rings. The van der Waals surface area contributed by atoms with E-state index in [9.17, 15) is 14.4 Å². The molecule has 0 bridgehead atoms. The Morgan fingerprint density at radius 1 is 1.03 bits per heavy atom. The van der Waals surface area contributed by atoms with Crippen molar-refractivity contribution in [3.05, 3.63) is 59.3 Å². The fourth-order valence-corrected chi connectivity index (χ4v) is 2.92. The summed E-state index contributed by atoms with van der Waals surface area (Å²) in [6.45, 7) is 2.69. The maximum Gasteiger partial charge on any atom is 0.255 e. The summed E-state index contributed by atoms with van der Waals surface area (Å²) in [6.07, 6.45) is 1.67. The second-order valence-electron chi connectivity index (χ2n) is 6.50. The number of nitrogens with zero attached hydrogens (tertiary/aromatic N) is 2. The Labute approximate surface area is 168 Å². The number of carbonyl (C=O) groups excluding carboxylic acids is 3. The number of anilines is 1. The van der Waals surface area contributed by atoms with Gasteiger partial charge in [0.25, 0.3) is 11.8 Å². The van der Waals surface area contributed by atoms with Gasteiger partial charge in [0.05, 0.1) is 25.3 Å². The Hall–Kier alpha value is -3.46. The second-order valence-corrected chi connectivity index (χ2v) is 6.50. The van der Waals surface area contributed by atoms with Crippen molar-refractivity contribution in [3.63, 3.8) is 0 Å². The molecular formula is C20H23N5O4. The maximum atomic E-state index is 12.7. The van der Waals surface area contributed by atoms with Crippen LogP contribution in [0.3, 0.4) is 0 Å². The minimum atomic E-state index is -0.607. The van der Waals surface area contributed by atoms with Crippen molar-refractivity contribution in [1.29, 1.82) is 0 Å². The van der Waals surface area contributed by atoms with E-state index in [0.29, 0.717) is 49.8 Å². The highest BCUT2D eigenvalue weighted by atomic mass is 16.5. The topological polar surface area (TPSA) is 127 Å². The van der Waals surface area contributed by atoms with Crippen LogP contribution >= 0.6 is 0 Å². The molecule has 1 aliphatic rings. The highest BCUT2D eigenvalue weighted by Crippen LogP contribution is 2.18. The molecule has 0 spiro atoms. The van der Waals surface area contributed by atoms with E-state index in [1.807, 2.05) is 4.90 Å². The van der Waals surface area contributed by atoms with Gasteiger partial charge in [-0.25, -0.2) is 4.98 Å². The Morgan fingerprint density at radius 3 is 2.45 bits per heavy atom. The van der Waals surface area contributed by atoms with E-state index in [1.54, 1.807) is 42.6 Å². The van der Waals surface area contributed by atoms with E-state index in [1.165, 1.54) is 0 Å². The lowest BCUT2D eigenvalue weighted by atomic mass is 10.1.